The SMILES string of the molecule is CCC(C)N1C(=O)[C@H]2C(C(=O)Nc3cccc(SC)c3)[C@H]3C=CC2(O3)C1C(=O)NC1CCCC(C)C1C. The third-order valence-corrected chi connectivity index (χ3v) is 10.0. The van der Waals surface area contributed by atoms with E-state index >= 15 is 0 Å². The van der Waals surface area contributed by atoms with E-state index in [0.29, 0.717) is 23.9 Å². The van der Waals surface area contributed by atoms with Gasteiger partial charge in [0.25, 0.3) is 0 Å². The maximum Gasteiger partial charge on any atom is 0.246 e. The molecule has 1 aromatic carbocycles. The Balaban J connectivity index is 1.44. The topological polar surface area (TPSA) is 87.7 Å². The molecule has 1 spiro atoms. The number of rotatable bonds is 7. The van der Waals surface area contributed by atoms with E-state index in [9.17, 15) is 14.4 Å². The molecule has 2 N–H and O–H groups in total. The molecule has 1 saturated carbocycles. The molecular weight excluding hydrogens is 486 g/mol. The highest BCUT2D eigenvalue weighted by molar-refractivity contribution is 7.98. The van der Waals surface area contributed by atoms with E-state index in [2.05, 4.69) is 24.5 Å². The van der Waals surface area contributed by atoms with Crippen LogP contribution in [0.4, 0.5) is 5.69 Å². The van der Waals surface area contributed by atoms with Crippen molar-refractivity contribution >= 4 is 35.2 Å². The van der Waals surface area contributed by atoms with E-state index in [1.165, 1.54) is 6.42 Å². The lowest BCUT2D eigenvalue weighted by Crippen LogP contribution is -2.59. The summed E-state index contributed by atoms with van der Waals surface area (Å²) in [5.74, 6) is -1.07. The molecular formula is C29H39N3O4S. The van der Waals surface area contributed by atoms with E-state index < -0.39 is 29.6 Å². The fraction of sp³-hybridized carbons (Fsp3) is 0.621. The van der Waals surface area contributed by atoms with Crippen LogP contribution < -0.4 is 10.6 Å². The first kappa shape index (κ1) is 26.3. The van der Waals surface area contributed by atoms with Crippen LogP contribution in [0, 0.1) is 23.7 Å². The molecule has 7 nitrogen and oxygen atoms in total. The van der Waals surface area contributed by atoms with Gasteiger partial charge in [0.1, 0.15) is 11.6 Å². The van der Waals surface area contributed by atoms with Gasteiger partial charge in [-0.2, -0.15) is 0 Å². The minimum absolute atomic E-state index is 0.0750. The van der Waals surface area contributed by atoms with Crippen molar-refractivity contribution in [3.05, 3.63) is 36.4 Å². The van der Waals surface area contributed by atoms with Gasteiger partial charge in [-0.25, -0.2) is 0 Å². The third-order valence-electron chi connectivity index (χ3n) is 9.30. The first-order chi connectivity index (χ1) is 17.7. The fourth-order valence-electron chi connectivity index (χ4n) is 6.85. The van der Waals surface area contributed by atoms with Gasteiger partial charge < -0.3 is 20.3 Å². The first-order valence-electron chi connectivity index (χ1n) is 13.7. The third kappa shape index (κ3) is 4.30. The quantitative estimate of drug-likeness (QED) is 0.411. The summed E-state index contributed by atoms with van der Waals surface area (Å²) in [5, 5.41) is 6.32. The summed E-state index contributed by atoms with van der Waals surface area (Å²) in [6.45, 7) is 8.43. The molecule has 3 aliphatic heterocycles. The molecule has 2 saturated heterocycles. The summed E-state index contributed by atoms with van der Waals surface area (Å²) < 4.78 is 6.47. The maximum absolute atomic E-state index is 14.0. The minimum Gasteiger partial charge on any atom is -0.359 e. The van der Waals surface area contributed by atoms with Gasteiger partial charge in [0.2, 0.25) is 17.7 Å². The van der Waals surface area contributed by atoms with Crippen molar-refractivity contribution in [2.24, 2.45) is 23.7 Å². The largest absolute Gasteiger partial charge is 0.359 e. The Labute approximate surface area is 224 Å². The average molecular weight is 526 g/mol. The van der Waals surface area contributed by atoms with Gasteiger partial charge in [-0.3, -0.25) is 14.4 Å². The van der Waals surface area contributed by atoms with Gasteiger partial charge in [0, 0.05) is 22.7 Å². The molecule has 5 rings (SSSR count). The summed E-state index contributed by atoms with van der Waals surface area (Å²) in [4.78, 5) is 44.3. The van der Waals surface area contributed by atoms with Crippen molar-refractivity contribution in [1.82, 2.24) is 10.2 Å². The van der Waals surface area contributed by atoms with Crippen LogP contribution in [0.25, 0.3) is 0 Å². The molecule has 1 aliphatic carbocycles. The number of carbonyl (C=O) groups is 3. The second-order valence-electron chi connectivity index (χ2n) is 11.3. The molecule has 3 heterocycles. The molecule has 7 unspecified atom stereocenters. The van der Waals surface area contributed by atoms with Crippen molar-refractivity contribution in [1.29, 1.82) is 0 Å². The number of carbonyl (C=O) groups excluding carboxylic acids is 3. The van der Waals surface area contributed by atoms with Crippen LogP contribution in [0.15, 0.2) is 41.3 Å². The molecule has 37 heavy (non-hydrogen) atoms. The molecule has 200 valence electrons. The van der Waals surface area contributed by atoms with E-state index in [-0.39, 0.29) is 29.8 Å². The van der Waals surface area contributed by atoms with Gasteiger partial charge in [-0.05, 0) is 56.1 Å². The molecule has 1 aromatic rings. The molecule has 2 bridgehead atoms. The molecule has 0 radical (unpaired) electrons. The zero-order valence-electron chi connectivity index (χ0n) is 22.4. The Bertz CT molecular complexity index is 1110. The van der Waals surface area contributed by atoms with Crippen LogP contribution in [-0.4, -0.2) is 58.7 Å². The Morgan fingerprint density at radius 2 is 2.03 bits per heavy atom. The van der Waals surface area contributed by atoms with Crippen LogP contribution >= 0.6 is 11.8 Å². The van der Waals surface area contributed by atoms with E-state index in [1.807, 2.05) is 56.5 Å². The van der Waals surface area contributed by atoms with Gasteiger partial charge in [-0.1, -0.05) is 51.8 Å². The number of hydrogen-bond donors (Lipinski definition) is 2. The van der Waals surface area contributed by atoms with Crippen molar-refractivity contribution in [2.45, 2.75) is 88.1 Å². The zero-order chi connectivity index (χ0) is 26.5. The average Bonchev–Trinajstić information content (AvgIpc) is 3.53. The van der Waals surface area contributed by atoms with Crippen LogP contribution in [0.2, 0.25) is 0 Å². The van der Waals surface area contributed by atoms with Crippen LogP contribution in [-0.2, 0) is 19.1 Å². The van der Waals surface area contributed by atoms with Crippen molar-refractivity contribution in [2.75, 3.05) is 11.6 Å². The Kier molecular flexibility index (Phi) is 7.18. The van der Waals surface area contributed by atoms with Crippen LogP contribution in [0.5, 0.6) is 0 Å². The second-order valence-corrected chi connectivity index (χ2v) is 12.2. The van der Waals surface area contributed by atoms with Crippen LogP contribution in [0.3, 0.4) is 0 Å². The highest BCUT2D eigenvalue weighted by atomic mass is 32.2. The maximum atomic E-state index is 14.0. The smallest absolute Gasteiger partial charge is 0.246 e. The summed E-state index contributed by atoms with van der Waals surface area (Å²) >= 11 is 1.60. The normalized spacial score (nSPS) is 36.9. The standard InChI is InChI=1S/C29H39N3O4S/c1-6-17(3)32-25(27(34)31-21-12-7-9-16(2)18(21)4)29-14-13-22(36-29)23(24(29)28(32)35)26(33)30-19-10-8-11-20(15-19)37-5/h8,10-11,13-18,21-25H,6-7,9,12H2,1-5H3,(H,30,33)(H,31,34)/t16?,17?,18?,21?,22-,23?,24-,25?,29?/m1/s1. The summed E-state index contributed by atoms with van der Waals surface area (Å²) in [6.07, 6.45) is 9.13. The van der Waals surface area contributed by atoms with E-state index in [0.717, 1.165) is 17.7 Å². The molecule has 3 fully saturated rings. The Morgan fingerprint density at radius 3 is 2.76 bits per heavy atom. The lowest BCUT2D eigenvalue weighted by atomic mass is 9.73. The highest BCUT2D eigenvalue weighted by Crippen LogP contribution is 2.56. The van der Waals surface area contributed by atoms with Gasteiger partial charge in [-0.15, -0.1) is 11.8 Å². The van der Waals surface area contributed by atoms with E-state index in [1.54, 1.807) is 16.7 Å². The van der Waals surface area contributed by atoms with Gasteiger partial charge in [0.15, 0.2) is 0 Å². The molecule has 8 heteroatoms. The van der Waals surface area contributed by atoms with Gasteiger partial charge >= 0.3 is 0 Å². The molecule has 3 amide bonds. The van der Waals surface area contributed by atoms with Crippen molar-refractivity contribution in [3.63, 3.8) is 0 Å². The predicted molar refractivity (Wildman–Crippen MR) is 145 cm³/mol. The lowest BCUT2D eigenvalue weighted by Gasteiger charge is -2.39. The molecule has 0 aromatic heterocycles. The summed E-state index contributed by atoms with van der Waals surface area (Å²) in [7, 11) is 0. The number of likely N-dealkylation sites (tertiary alicyclic amines) is 1. The predicted octanol–water partition coefficient (Wildman–Crippen LogP) is 4.24. The molecule has 4 aliphatic rings. The first-order valence-corrected chi connectivity index (χ1v) is 14.9. The number of nitrogens with zero attached hydrogens (tertiary/aromatic N) is 1. The number of thioether (sulfide) groups is 1. The number of ether oxygens (including phenoxy) is 1. The number of hydrogen-bond acceptors (Lipinski definition) is 5. The van der Waals surface area contributed by atoms with Crippen molar-refractivity contribution < 1.29 is 19.1 Å². The lowest BCUT2D eigenvalue weighted by molar-refractivity contribution is -0.144. The van der Waals surface area contributed by atoms with Gasteiger partial charge in [0.05, 0.1) is 17.9 Å². The Hall–Kier alpha value is -2.32. The second kappa shape index (κ2) is 10.1. The summed E-state index contributed by atoms with van der Waals surface area (Å²) in [5.41, 5.74) is -0.432. The summed E-state index contributed by atoms with van der Waals surface area (Å²) in [6, 6.07) is 6.80. The number of amides is 3. The number of anilines is 1. The molecule has 9 atom stereocenters. The van der Waals surface area contributed by atoms with E-state index in [4.69, 9.17) is 4.74 Å². The fourth-order valence-corrected chi connectivity index (χ4v) is 7.31. The number of benzene rings is 1. The van der Waals surface area contributed by atoms with Crippen LogP contribution in [0.1, 0.15) is 53.4 Å². The van der Waals surface area contributed by atoms with Crippen molar-refractivity contribution in [3.8, 4) is 0 Å². The monoisotopic (exact) mass is 525 g/mol. The zero-order valence-corrected chi connectivity index (χ0v) is 23.2. The number of fused-ring (bicyclic) bond motifs is 1. The highest BCUT2D eigenvalue weighted by Gasteiger charge is 2.73. The minimum atomic E-state index is -1.12. The Morgan fingerprint density at radius 1 is 1.24 bits per heavy atom. The number of nitrogens with one attached hydrogen (secondary N) is 2.